The van der Waals surface area contributed by atoms with Crippen LogP contribution in [0.1, 0.15) is 13.8 Å². The molecule has 1 aromatic carbocycles. The van der Waals surface area contributed by atoms with Gasteiger partial charge in [0, 0.05) is 12.1 Å². The van der Waals surface area contributed by atoms with Crippen molar-refractivity contribution < 1.29 is 12.8 Å². The van der Waals surface area contributed by atoms with Gasteiger partial charge in [0.15, 0.2) is 5.82 Å². The summed E-state index contributed by atoms with van der Waals surface area (Å²) in [6.45, 7) is 4.17. The van der Waals surface area contributed by atoms with Gasteiger partial charge in [0.05, 0.1) is 5.02 Å². The maximum absolute atomic E-state index is 13.2. The SMILES string of the molecule is CC(C)Cn1c(-c2ccc(F)c(Cl)c2)nnc1S(N)(=O)=O. The monoisotopic (exact) mass is 332 g/mol. The second-order valence-electron chi connectivity index (χ2n) is 4.98. The molecule has 0 aliphatic carbocycles. The highest BCUT2D eigenvalue weighted by Gasteiger charge is 2.22. The largest absolute Gasteiger partial charge is 0.296 e. The van der Waals surface area contributed by atoms with Crippen molar-refractivity contribution in [2.24, 2.45) is 11.1 Å². The van der Waals surface area contributed by atoms with Gasteiger partial charge in [-0.2, -0.15) is 0 Å². The van der Waals surface area contributed by atoms with Gasteiger partial charge in [0.25, 0.3) is 15.2 Å². The van der Waals surface area contributed by atoms with Crippen molar-refractivity contribution in [3.63, 3.8) is 0 Å². The molecule has 0 atom stereocenters. The van der Waals surface area contributed by atoms with E-state index >= 15 is 0 Å². The van der Waals surface area contributed by atoms with Crippen LogP contribution < -0.4 is 5.14 Å². The van der Waals surface area contributed by atoms with Crippen molar-refractivity contribution in [3.05, 3.63) is 29.0 Å². The summed E-state index contributed by atoms with van der Waals surface area (Å²) in [6, 6.07) is 4.00. The van der Waals surface area contributed by atoms with Crippen LogP contribution in [0.25, 0.3) is 11.4 Å². The van der Waals surface area contributed by atoms with Gasteiger partial charge in [-0.05, 0) is 24.1 Å². The zero-order chi connectivity index (χ0) is 15.8. The number of sulfonamides is 1. The third kappa shape index (κ3) is 3.39. The number of nitrogens with two attached hydrogens (primary N) is 1. The van der Waals surface area contributed by atoms with E-state index in [1.54, 1.807) is 0 Å². The van der Waals surface area contributed by atoms with E-state index in [4.69, 9.17) is 16.7 Å². The third-order valence-corrected chi connectivity index (χ3v) is 3.80. The fourth-order valence-corrected chi connectivity index (χ4v) is 2.68. The smallest absolute Gasteiger partial charge is 0.273 e. The number of primary sulfonamides is 1. The van der Waals surface area contributed by atoms with Gasteiger partial charge in [-0.1, -0.05) is 25.4 Å². The zero-order valence-corrected chi connectivity index (χ0v) is 13.0. The molecule has 0 amide bonds. The molecule has 0 spiro atoms. The Kier molecular flexibility index (Phi) is 4.31. The normalized spacial score (nSPS) is 12.1. The van der Waals surface area contributed by atoms with Gasteiger partial charge in [-0.15, -0.1) is 10.2 Å². The minimum absolute atomic E-state index is 0.0799. The van der Waals surface area contributed by atoms with E-state index in [0.717, 1.165) is 0 Å². The summed E-state index contributed by atoms with van der Waals surface area (Å²) in [5.74, 6) is -0.159. The van der Waals surface area contributed by atoms with E-state index in [0.29, 0.717) is 12.1 Å². The van der Waals surface area contributed by atoms with Crippen LogP contribution in [-0.4, -0.2) is 23.2 Å². The summed E-state index contributed by atoms with van der Waals surface area (Å²) < 4.78 is 37.8. The Balaban J connectivity index is 2.63. The standard InChI is InChI=1S/C12H14ClFN4O2S/c1-7(2)6-18-11(16-17-12(18)21(15,19)20)8-3-4-10(14)9(13)5-8/h3-5,7H,6H2,1-2H3,(H2,15,19,20). The van der Waals surface area contributed by atoms with Gasteiger partial charge in [0.1, 0.15) is 5.82 Å². The maximum atomic E-state index is 13.2. The number of benzene rings is 1. The van der Waals surface area contributed by atoms with Gasteiger partial charge < -0.3 is 0 Å². The Hall–Kier alpha value is -1.51. The first-order chi connectivity index (χ1) is 9.70. The maximum Gasteiger partial charge on any atom is 0.273 e. The lowest BCUT2D eigenvalue weighted by molar-refractivity contribution is 0.486. The Labute approximate surface area is 126 Å². The van der Waals surface area contributed by atoms with Crippen molar-refractivity contribution in [1.82, 2.24) is 14.8 Å². The molecule has 1 aromatic heterocycles. The molecule has 0 saturated carbocycles. The summed E-state index contributed by atoms with van der Waals surface area (Å²) in [7, 11) is -4.00. The molecule has 6 nitrogen and oxygen atoms in total. The first kappa shape index (κ1) is 15.9. The second-order valence-corrected chi connectivity index (χ2v) is 6.85. The first-order valence-corrected chi connectivity index (χ1v) is 8.04. The molecule has 0 unspecified atom stereocenters. The number of hydrogen-bond donors (Lipinski definition) is 1. The molecule has 0 saturated heterocycles. The van der Waals surface area contributed by atoms with Crippen LogP contribution >= 0.6 is 11.6 Å². The van der Waals surface area contributed by atoms with E-state index in [9.17, 15) is 12.8 Å². The first-order valence-electron chi connectivity index (χ1n) is 6.11. The fraction of sp³-hybridized carbons (Fsp3) is 0.333. The molecule has 2 rings (SSSR count). The molecule has 0 radical (unpaired) electrons. The van der Waals surface area contributed by atoms with Gasteiger partial charge >= 0.3 is 0 Å². The topological polar surface area (TPSA) is 90.9 Å². The van der Waals surface area contributed by atoms with Crippen LogP contribution in [0.4, 0.5) is 4.39 Å². The highest BCUT2D eigenvalue weighted by molar-refractivity contribution is 7.89. The van der Waals surface area contributed by atoms with Crippen LogP contribution in [0, 0.1) is 11.7 Å². The van der Waals surface area contributed by atoms with Gasteiger partial charge in [0.2, 0.25) is 0 Å². The fourth-order valence-electron chi connectivity index (χ4n) is 1.88. The molecule has 2 aromatic rings. The van der Waals surface area contributed by atoms with Crippen LogP contribution in [0.15, 0.2) is 23.4 Å². The highest BCUT2D eigenvalue weighted by atomic mass is 35.5. The molecule has 9 heteroatoms. The lowest BCUT2D eigenvalue weighted by Crippen LogP contribution is -2.20. The lowest BCUT2D eigenvalue weighted by atomic mass is 10.2. The Morgan fingerprint density at radius 1 is 1.38 bits per heavy atom. The summed E-state index contributed by atoms with van der Waals surface area (Å²) in [5, 5.41) is 12.2. The van der Waals surface area contributed by atoms with E-state index in [1.807, 2.05) is 13.8 Å². The van der Waals surface area contributed by atoms with Crippen molar-refractivity contribution in [1.29, 1.82) is 0 Å². The molecule has 0 bridgehead atoms. The van der Waals surface area contributed by atoms with Gasteiger partial charge in [-0.25, -0.2) is 17.9 Å². The molecule has 1 heterocycles. The lowest BCUT2D eigenvalue weighted by Gasteiger charge is -2.12. The van der Waals surface area contributed by atoms with Crippen molar-refractivity contribution in [2.75, 3.05) is 0 Å². The van der Waals surface area contributed by atoms with E-state index in [-0.39, 0.29) is 21.9 Å². The molecule has 0 fully saturated rings. The Morgan fingerprint density at radius 3 is 2.57 bits per heavy atom. The summed E-state index contributed by atoms with van der Waals surface area (Å²) >= 11 is 5.74. The van der Waals surface area contributed by atoms with E-state index < -0.39 is 15.8 Å². The third-order valence-electron chi connectivity index (χ3n) is 2.70. The predicted octanol–water partition coefficient (Wildman–Crippen LogP) is 2.04. The minimum Gasteiger partial charge on any atom is -0.296 e. The van der Waals surface area contributed by atoms with Crippen LogP contribution in [0.2, 0.25) is 5.02 Å². The quantitative estimate of drug-likeness (QED) is 0.927. The Morgan fingerprint density at radius 2 is 2.05 bits per heavy atom. The van der Waals surface area contributed by atoms with Crippen molar-refractivity contribution >= 4 is 21.6 Å². The average molecular weight is 333 g/mol. The van der Waals surface area contributed by atoms with E-state index in [2.05, 4.69) is 10.2 Å². The number of nitrogens with zero attached hydrogens (tertiary/aromatic N) is 3. The number of aromatic nitrogens is 3. The second kappa shape index (κ2) is 5.70. The zero-order valence-electron chi connectivity index (χ0n) is 11.4. The van der Waals surface area contributed by atoms with E-state index in [1.165, 1.54) is 22.8 Å². The molecule has 2 N–H and O–H groups in total. The van der Waals surface area contributed by atoms with Crippen molar-refractivity contribution in [2.45, 2.75) is 25.5 Å². The molecular weight excluding hydrogens is 319 g/mol. The minimum atomic E-state index is -4.00. The van der Waals surface area contributed by atoms with Crippen LogP contribution in [0.3, 0.4) is 0 Å². The summed E-state index contributed by atoms with van der Waals surface area (Å²) in [5.41, 5.74) is 0.462. The van der Waals surface area contributed by atoms with Gasteiger partial charge in [-0.3, -0.25) is 4.57 Å². The molecule has 0 aliphatic heterocycles. The molecule has 0 aliphatic rings. The Bertz CT molecular complexity index is 774. The predicted molar refractivity (Wildman–Crippen MR) is 76.6 cm³/mol. The number of rotatable bonds is 4. The molecular formula is C12H14ClFN4O2S. The number of hydrogen-bond acceptors (Lipinski definition) is 4. The van der Waals surface area contributed by atoms with Crippen LogP contribution in [0.5, 0.6) is 0 Å². The van der Waals surface area contributed by atoms with Crippen LogP contribution in [-0.2, 0) is 16.6 Å². The molecule has 114 valence electrons. The average Bonchev–Trinajstić information content (AvgIpc) is 2.75. The summed E-state index contributed by atoms with van der Waals surface area (Å²) in [4.78, 5) is 0. The van der Waals surface area contributed by atoms with Crippen molar-refractivity contribution in [3.8, 4) is 11.4 Å². The highest BCUT2D eigenvalue weighted by Crippen LogP contribution is 2.25. The number of halogens is 2. The summed E-state index contributed by atoms with van der Waals surface area (Å²) in [6.07, 6.45) is 0. The molecule has 21 heavy (non-hydrogen) atoms.